The highest BCUT2D eigenvalue weighted by Gasteiger charge is 2.24. The van der Waals surface area contributed by atoms with Crippen molar-refractivity contribution in [3.05, 3.63) is 29.8 Å². The molecule has 2 N–H and O–H groups in total. The Morgan fingerprint density at radius 3 is 2.75 bits per heavy atom. The number of benzene rings is 1. The van der Waals surface area contributed by atoms with Crippen LogP contribution in [0.2, 0.25) is 0 Å². The second-order valence-corrected chi connectivity index (χ2v) is 6.93. The number of likely N-dealkylation sites (tertiary alicyclic amines) is 1. The number of nitrogens with two attached hydrogens (primary N) is 1. The molecule has 1 heterocycles. The van der Waals surface area contributed by atoms with Gasteiger partial charge in [0.05, 0.1) is 5.56 Å². The van der Waals surface area contributed by atoms with Crippen LogP contribution in [0.3, 0.4) is 0 Å². The van der Waals surface area contributed by atoms with E-state index < -0.39 is 0 Å². The minimum atomic E-state index is 0. The van der Waals surface area contributed by atoms with Gasteiger partial charge in [0.25, 0.3) is 5.91 Å². The Balaban J connectivity index is 0.00000200. The van der Waals surface area contributed by atoms with Crippen molar-refractivity contribution in [3.8, 4) is 0 Å². The summed E-state index contributed by atoms with van der Waals surface area (Å²) in [6.07, 6.45) is 2.03. The van der Waals surface area contributed by atoms with E-state index in [0.717, 1.165) is 29.8 Å². The first-order valence-corrected chi connectivity index (χ1v) is 7.76. The molecular formula is C15H23ClN2OS. The van der Waals surface area contributed by atoms with Crippen molar-refractivity contribution in [2.45, 2.75) is 42.9 Å². The fourth-order valence-electron chi connectivity index (χ4n) is 2.36. The summed E-state index contributed by atoms with van der Waals surface area (Å²) < 4.78 is 0. The van der Waals surface area contributed by atoms with Crippen molar-refractivity contribution in [2.24, 2.45) is 5.73 Å². The average Bonchev–Trinajstić information content (AvgIpc) is 2.38. The Morgan fingerprint density at radius 1 is 1.40 bits per heavy atom. The highest BCUT2D eigenvalue weighted by molar-refractivity contribution is 8.00. The molecule has 0 radical (unpaired) electrons. The fourth-order valence-corrected chi connectivity index (χ4v) is 3.31. The van der Waals surface area contributed by atoms with Crippen LogP contribution in [0.1, 0.15) is 37.0 Å². The van der Waals surface area contributed by atoms with E-state index in [9.17, 15) is 4.79 Å². The predicted octanol–water partition coefficient (Wildman–Crippen LogP) is 3.17. The molecule has 0 bridgehead atoms. The highest BCUT2D eigenvalue weighted by Crippen LogP contribution is 2.28. The Kier molecular flexibility index (Phi) is 6.86. The number of carbonyl (C=O) groups is 1. The van der Waals surface area contributed by atoms with Crippen molar-refractivity contribution >= 4 is 30.1 Å². The van der Waals surface area contributed by atoms with Crippen molar-refractivity contribution in [2.75, 3.05) is 13.1 Å². The molecule has 0 aromatic heterocycles. The molecule has 1 fully saturated rings. The van der Waals surface area contributed by atoms with Crippen LogP contribution in [0.15, 0.2) is 29.2 Å². The number of hydrogen-bond acceptors (Lipinski definition) is 3. The van der Waals surface area contributed by atoms with Crippen LogP contribution in [0, 0.1) is 0 Å². The van der Waals surface area contributed by atoms with Gasteiger partial charge < -0.3 is 10.6 Å². The first kappa shape index (κ1) is 17.3. The SMILES string of the molecule is CC(C)Sc1ccccc1C(=O)N1CCCC(N)C1.Cl. The molecule has 5 heteroatoms. The van der Waals surface area contributed by atoms with Crippen LogP contribution in [-0.4, -0.2) is 35.2 Å². The Hall–Kier alpha value is -0.710. The van der Waals surface area contributed by atoms with Crippen LogP contribution in [0.4, 0.5) is 0 Å². The van der Waals surface area contributed by atoms with Gasteiger partial charge in [-0.05, 0) is 25.0 Å². The molecule has 1 atom stereocenters. The summed E-state index contributed by atoms with van der Waals surface area (Å²) in [5.41, 5.74) is 6.78. The summed E-state index contributed by atoms with van der Waals surface area (Å²) in [6, 6.07) is 8.00. The van der Waals surface area contributed by atoms with Crippen LogP contribution >= 0.6 is 24.2 Å². The molecule has 1 amide bonds. The van der Waals surface area contributed by atoms with Gasteiger partial charge in [-0.2, -0.15) is 0 Å². The second kappa shape index (κ2) is 7.91. The number of thioether (sulfide) groups is 1. The normalized spacial score (nSPS) is 18.8. The number of halogens is 1. The van der Waals surface area contributed by atoms with E-state index in [0.29, 0.717) is 11.8 Å². The molecule has 1 aliphatic heterocycles. The summed E-state index contributed by atoms with van der Waals surface area (Å²) in [4.78, 5) is 15.6. The highest BCUT2D eigenvalue weighted by atomic mass is 35.5. The lowest BCUT2D eigenvalue weighted by atomic mass is 10.1. The maximum atomic E-state index is 12.6. The molecule has 2 rings (SSSR count). The van der Waals surface area contributed by atoms with E-state index >= 15 is 0 Å². The van der Waals surface area contributed by atoms with Gasteiger partial charge in [-0.15, -0.1) is 24.2 Å². The molecule has 1 aromatic carbocycles. The third kappa shape index (κ3) is 4.40. The molecule has 112 valence electrons. The zero-order valence-electron chi connectivity index (χ0n) is 12.0. The first-order chi connectivity index (χ1) is 9.08. The average molecular weight is 315 g/mol. The van der Waals surface area contributed by atoms with Gasteiger partial charge in [0, 0.05) is 29.3 Å². The molecular weight excluding hydrogens is 292 g/mol. The Bertz CT molecular complexity index is 453. The van der Waals surface area contributed by atoms with Gasteiger partial charge in [-0.1, -0.05) is 26.0 Å². The maximum absolute atomic E-state index is 12.6. The van der Waals surface area contributed by atoms with Gasteiger partial charge in [0.2, 0.25) is 0 Å². The van der Waals surface area contributed by atoms with Crippen LogP contribution in [-0.2, 0) is 0 Å². The number of rotatable bonds is 3. The van der Waals surface area contributed by atoms with Crippen LogP contribution < -0.4 is 5.73 Å². The Labute approximate surface area is 131 Å². The summed E-state index contributed by atoms with van der Waals surface area (Å²) in [7, 11) is 0. The lowest BCUT2D eigenvalue weighted by Gasteiger charge is -2.31. The van der Waals surface area contributed by atoms with Gasteiger partial charge in [-0.25, -0.2) is 0 Å². The third-order valence-corrected chi connectivity index (χ3v) is 4.31. The number of amides is 1. The smallest absolute Gasteiger partial charge is 0.255 e. The fraction of sp³-hybridized carbons (Fsp3) is 0.533. The van der Waals surface area contributed by atoms with Crippen molar-refractivity contribution in [1.82, 2.24) is 4.90 Å². The van der Waals surface area contributed by atoms with E-state index in [-0.39, 0.29) is 24.4 Å². The minimum absolute atomic E-state index is 0. The Morgan fingerprint density at radius 2 is 2.10 bits per heavy atom. The van der Waals surface area contributed by atoms with Crippen molar-refractivity contribution in [1.29, 1.82) is 0 Å². The first-order valence-electron chi connectivity index (χ1n) is 6.88. The predicted molar refractivity (Wildman–Crippen MR) is 87.8 cm³/mol. The van der Waals surface area contributed by atoms with E-state index in [4.69, 9.17) is 5.73 Å². The van der Waals surface area contributed by atoms with Crippen LogP contribution in [0.5, 0.6) is 0 Å². The number of piperidine rings is 1. The molecule has 1 aromatic rings. The van der Waals surface area contributed by atoms with E-state index in [2.05, 4.69) is 13.8 Å². The lowest BCUT2D eigenvalue weighted by molar-refractivity contribution is 0.0705. The molecule has 1 aliphatic rings. The summed E-state index contributed by atoms with van der Waals surface area (Å²) in [5, 5.41) is 0.470. The third-order valence-electron chi connectivity index (χ3n) is 3.23. The topological polar surface area (TPSA) is 46.3 Å². The molecule has 3 nitrogen and oxygen atoms in total. The zero-order valence-corrected chi connectivity index (χ0v) is 13.7. The summed E-state index contributed by atoms with van der Waals surface area (Å²) >= 11 is 1.74. The number of carbonyl (C=O) groups excluding carboxylic acids is 1. The molecule has 20 heavy (non-hydrogen) atoms. The number of hydrogen-bond donors (Lipinski definition) is 1. The van der Waals surface area contributed by atoms with Crippen molar-refractivity contribution < 1.29 is 4.79 Å². The van der Waals surface area contributed by atoms with Gasteiger partial charge >= 0.3 is 0 Å². The molecule has 1 unspecified atom stereocenters. The maximum Gasteiger partial charge on any atom is 0.255 e. The van der Waals surface area contributed by atoms with Crippen molar-refractivity contribution in [3.63, 3.8) is 0 Å². The minimum Gasteiger partial charge on any atom is -0.337 e. The molecule has 0 spiro atoms. The number of nitrogens with zero attached hydrogens (tertiary/aromatic N) is 1. The zero-order chi connectivity index (χ0) is 13.8. The second-order valence-electron chi connectivity index (χ2n) is 5.32. The molecule has 0 saturated carbocycles. The quantitative estimate of drug-likeness (QED) is 0.872. The van der Waals surface area contributed by atoms with Gasteiger partial charge in [0.1, 0.15) is 0 Å². The monoisotopic (exact) mass is 314 g/mol. The summed E-state index contributed by atoms with van der Waals surface area (Å²) in [6.45, 7) is 5.79. The standard InChI is InChI=1S/C15H22N2OS.ClH/c1-11(2)19-14-8-4-3-7-13(14)15(18)17-9-5-6-12(16)10-17;/h3-4,7-8,11-12H,5-6,9-10,16H2,1-2H3;1H. The van der Waals surface area contributed by atoms with Gasteiger partial charge in [-0.3, -0.25) is 4.79 Å². The van der Waals surface area contributed by atoms with E-state index in [1.807, 2.05) is 29.2 Å². The lowest BCUT2D eigenvalue weighted by Crippen LogP contribution is -2.45. The van der Waals surface area contributed by atoms with E-state index in [1.54, 1.807) is 11.8 Å². The van der Waals surface area contributed by atoms with Crippen LogP contribution in [0.25, 0.3) is 0 Å². The van der Waals surface area contributed by atoms with Gasteiger partial charge in [0.15, 0.2) is 0 Å². The molecule has 0 aliphatic carbocycles. The molecule has 1 saturated heterocycles. The van der Waals surface area contributed by atoms with E-state index in [1.165, 1.54) is 0 Å². The summed E-state index contributed by atoms with van der Waals surface area (Å²) in [5.74, 6) is 0.124. The largest absolute Gasteiger partial charge is 0.337 e.